The Hall–Kier alpha value is -2.58. The van der Waals surface area contributed by atoms with Crippen molar-refractivity contribution in [3.05, 3.63) is 58.7 Å². The summed E-state index contributed by atoms with van der Waals surface area (Å²) >= 11 is 0. The third-order valence-corrected chi connectivity index (χ3v) is 3.57. The first-order chi connectivity index (χ1) is 11.7. The largest absolute Gasteiger partial charge is 0.475 e. The van der Waals surface area contributed by atoms with E-state index in [1.54, 1.807) is 0 Å². The molecule has 0 N–H and O–H groups in total. The van der Waals surface area contributed by atoms with E-state index in [2.05, 4.69) is 4.99 Å². The third kappa shape index (κ3) is 2.94. The van der Waals surface area contributed by atoms with Crippen LogP contribution in [-0.4, -0.2) is 19.0 Å². The molecule has 0 saturated carbocycles. The fourth-order valence-corrected chi connectivity index (χ4v) is 2.42. The first-order valence-corrected chi connectivity index (χ1v) is 6.93. The Morgan fingerprint density at radius 1 is 0.800 bits per heavy atom. The van der Waals surface area contributed by atoms with Crippen molar-refractivity contribution in [2.75, 3.05) is 13.2 Å². The fraction of sp³-hybridized carbons (Fsp3) is 0.188. The van der Waals surface area contributed by atoms with Crippen LogP contribution in [0, 0.1) is 23.3 Å². The van der Waals surface area contributed by atoms with Crippen molar-refractivity contribution in [1.29, 1.82) is 0 Å². The van der Waals surface area contributed by atoms with E-state index in [4.69, 9.17) is 4.74 Å². The van der Waals surface area contributed by atoms with Crippen molar-refractivity contribution in [1.82, 2.24) is 0 Å². The first kappa shape index (κ1) is 17.2. The number of halogens is 7. The zero-order chi connectivity index (χ0) is 18.4. The maximum absolute atomic E-state index is 14.3. The van der Waals surface area contributed by atoms with E-state index in [0.717, 1.165) is 12.1 Å². The molecule has 0 bridgehead atoms. The Bertz CT molecular complexity index is 857. The van der Waals surface area contributed by atoms with E-state index in [1.807, 2.05) is 0 Å². The molecule has 0 atom stereocenters. The highest BCUT2D eigenvalue weighted by molar-refractivity contribution is 6.02. The minimum Gasteiger partial charge on any atom is -0.475 e. The van der Waals surface area contributed by atoms with Gasteiger partial charge >= 0.3 is 6.18 Å². The van der Waals surface area contributed by atoms with Gasteiger partial charge in [-0.25, -0.2) is 22.6 Å². The average Bonchev–Trinajstić information content (AvgIpc) is 3.09. The Morgan fingerprint density at radius 2 is 1.36 bits per heavy atom. The van der Waals surface area contributed by atoms with Gasteiger partial charge in [-0.3, -0.25) is 0 Å². The van der Waals surface area contributed by atoms with E-state index in [1.165, 1.54) is 0 Å². The summed E-state index contributed by atoms with van der Waals surface area (Å²) in [5.41, 5.74) is -2.84. The number of ether oxygens (including phenoxy) is 1. The Morgan fingerprint density at radius 3 is 1.84 bits per heavy atom. The molecule has 132 valence electrons. The number of rotatable bonds is 2. The van der Waals surface area contributed by atoms with Crippen LogP contribution in [0.15, 0.2) is 29.3 Å². The Balaban J connectivity index is 2.24. The van der Waals surface area contributed by atoms with Crippen LogP contribution in [-0.2, 0) is 10.9 Å². The predicted molar refractivity (Wildman–Crippen MR) is 74.1 cm³/mol. The van der Waals surface area contributed by atoms with Crippen molar-refractivity contribution in [3.63, 3.8) is 0 Å². The normalized spacial score (nSPS) is 14.4. The summed E-state index contributed by atoms with van der Waals surface area (Å²) in [7, 11) is 0. The van der Waals surface area contributed by atoms with Gasteiger partial charge in [0.25, 0.3) is 0 Å². The Labute approximate surface area is 136 Å². The highest BCUT2D eigenvalue weighted by Crippen LogP contribution is 2.36. The highest BCUT2D eigenvalue weighted by atomic mass is 19.4. The molecule has 2 aromatic carbocycles. The van der Waals surface area contributed by atoms with Crippen LogP contribution < -0.4 is 0 Å². The number of hydrogen-bond donors (Lipinski definition) is 0. The second-order valence-electron chi connectivity index (χ2n) is 5.12. The van der Waals surface area contributed by atoms with Crippen molar-refractivity contribution >= 4 is 5.90 Å². The summed E-state index contributed by atoms with van der Waals surface area (Å²) in [5, 5.41) is 0. The van der Waals surface area contributed by atoms with Gasteiger partial charge in [0, 0.05) is 5.56 Å². The summed E-state index contributed by atoms with van der Waals surface area (Å²) in [5.74, 6) is -8.04. The number of alkyl halides is 3. The van der Waals surface area contributed by atoms with Crippen LogP contribution in [0.2, 0.25) is 0 Å². The lowest BCUT2D eigenvalue weighted by Gasteiger charge is -2.14. The molecule has 3 rings (SSSR count). The van der Waals surface area contributed by atoms with Crippen LogP contribution in [0.5, 0.6) is 0 Å². The molecule has 25 heavy (non-hydrogen) atoms. The highest BCUT2D eigenvalue weighted by Gasteiger charge is 2.33. The van der Waals surface area contributed by atoms with Gasteiger partial charge in [-0.05, 0) is 17.7 Å². The number of benzene rings is 2. The van der Waals surface area contributed by atoms with Crippen LogP contribution in [0.4, 0.5) is 30.7 Å². The van der Waals surface area contributed by atoms with E-state index < -0.39 is 52.0 Å². The molecule has 0 aromatic heterocycles. The maximum atomic E-state index is 14.3. The average molecular weight is 363 g/mol. The molecule has 0 amide bonds. The second kappa shape index (κ2) is 6.05. The number of nitrogens with zero attached hydrogens (tertiary/aromatic N) is 1. The van der Waals surface area contributed by atoms with Crippen LogP contribution in [0.25, 0.3) is 11.1 Å². The summed E-state index contributed by atoms with van der Waals surface area (Å²) < 4.78 is 98.5. The molecule has 1 aliphatic heterocycles. The summed E-state index contributed by atoms with van der Waals surface area (Å²) in [6.45, 7) is 0.129. The van der Waals surface area contributed by atoms with Gasteiger partial charge in [-0.1, -0.05) is 12.1 Å². The zero-order valence-corrected chi connectivity index (χ0v) is 12.2. The van der Waals surface area contributed by atoms with E-state index >= 15 is 0 Å². The van der Waals surface area contributed by atoms with Gasteiger partial charge in [0.15, 0.2) is 23.3 Å². The fourth-order valence-electron chi connectivity index (χ4n) is 2.42. The standard InChI is InChI=1S/C16H8F7NO/c17-11-9(7-1-3-8(4-2-7)16(21,22)23)10(15-24-5-6-25-15)12(18)14(20)13(11)19/h1-4H,5-6H2. The van der Waals surface area contributed by atoms with Crippen molar-refractivity contribution < 1.29 is 35.5 Å². The molecule has 0 fully saturated rings. The van der Waals surface area contributed by atoms with Gasteiger partial charge in [0.1, 0.15) is 6.61 Å². The lowest BCUT2D eigenvalue weighted by Crippen LogP contribution is -2.13. The third-order valence-electron chi connectivity index (χ3n) is 3.57. The summed E-state index contributed by atoms with van der Waals surface area (Å²) in [4.78, 5) is 3.74. The molecule has 0 unspecified atom stereocenters. The second-order valence-corrected chi connectivity index (χ2v) is 5.12. The molecule has 2 nitrogen and oxygen atoms in total. The van der Waals surface area contributed by atoms with Crippen molar-refractivity contribution in [3.8, 4) is 11.1 Å². The van der Waals surface area contributed by atoms with Crippen LogP contribution >= 0.6 is 0 Å². The molecular weight excluding hydrogens is 355 g/mol. The SMILES string of the molecule is Fc1c(F)c(F)c(-c2ccc(C(F)(F)F)cc2)c(C2=NCCO2)c1F. The van der Waals surface area contributed by atoms with Crippen LogP contribution in [0.1, 0.15) is 11.1 Å². The van der Waals surface area contributed by atoms with Crippen molar-refractivity contribution in [2.45, 2.75) is 6.18 Å². The molecule has 0 saturated heterocycles. The van der Waals surface area contributed by atoms with Gasteiger partial charge in [-0.15, -0.1) is 0 Å². The quantitative estimate of drug-likeness (QED) is 0.430. The van der Waals surface area contributed by atoms with Crippen molar-refractivity contribution in [2.24, 2.45) is 4.99 Å². The minimum absolute atomic E-state index is 0.0296. The molecule has 1 aliphatic rings. The number of aliphatic imine (C=N–C) groups is 1. The predicted octanol–water partition coefficient (Wildman–Crippen LogP) is 4.71. The van der Waals surface area contributed by atoms with E-state index in [0.29, 0.717) is 12.1 Å². The van der Waals surface area contributed by atoms with E-state index in [-0.39, 0.29) is 18.7 Å². The molecule has 1 heterocycles. The first-order valence-electron chi connectivity index (χ1n) is 6.93. The van der Waals surface area contributed by atoms with Gasteiger partial charge in [0.2, 0.25) is 5.90 Å². The topological polar surface area (TPSA) is 21.6 Å². The molecular formula is C16H8F7NO. The van der Waals surface area contributed by atoms with Gasteiger partial charge < -0.3 is 4.74 Å². The van der Waals surface area contributed by atoms with E-state index in [9.17, 15) is 30.7 Å². The van der Waals surface area contributed by atoms with Crippen LogP contribution in [0.3, 0.4) is 0 Å². The van der Waals surface area contributed by atoms with Gasteiger partial charge in [0.05, 0.1) is 17.7 Å². The molecule has 0 radical (unpaired) electrons. The monoisotopic (exact) mass is 363 g/mol. The zero-order valence-electron chi connectivity index (χ0n) is 12.2. The molecule has 0 aliphatic carbocycles. The minimum atomic E-state index is -4.64. The smallest absolute Gasteiger partial charge is 0.416 e. The molecule has 9 heteroatoms. The Kier molecular flexibility index (Phi) is 4.18. The lowest BCUT2D eigenvalue weighted by atomic mass is 9.96. The number of hydrogen-bond acceptors (Lipinski definition) is 2. The van der Waals surface area contributed by atoms with Gasteiger partial charge in [-0.2, -0.15) is 13.2 Å². The molecule has 0 spiro atoms. The summed E-state index contributed by atoms with van der Waals surface area (Å²) in [6.07, 6.45) is -4.64. The maximum Gasteiger partial charge on any atom is 0.416 e. The lowest BCUT2D eigenvalue weighted by molar-refractivity contribution is -0.137. The summed E-state index contributed by atoms with van der Waals surface area (Å²) in [6, 6.07) is 2.90. The molecule has 2 aromatic rings.